The van der Waals surface area contributed by atoms with Crippen LogP contribution < -0.4 is 5.73 Å². The summed E-state index contributed by atoms with van der Waals surface area (Å²) in [5.74, 6) is 0.735. The van der Waals surface area contributed by atoms with Crippen LogP contribution in [0.1, 0.15) is 19.5 Å². The van der Waals surface area contributed by atoms with Crippen LogP contribution in [0.15, 0.2) is 9.78 Å². The summed E-state index contributed by atoms with van der Waals surface area (Å²) in [6.45, 7) is 5.53. The number of rotatable bonds is 4. The maximum atomic E-state index is 5.59. The zero-order chi connectivity index (χ0) is 11.3. The Bertz CT molecular complexity index is 332. The van der Waals surface area contributed by atoms with Gasteiger partial charge in [-0.05, 0) is 24.2 Å². The first-order chi connectivity index (χ1) is 7.24. The molecule has 1 rings (SSSR count). The number of anilines is 1. The Morgan fingerprint density at radius 1 is 1.47 bits per heavy atom. The highest BCUT2D eigenvalue weighted by molar-refractivity contribution is 5.99. The average Bonchev–Trinajstić information content (AvgIpc) is 2.65. The van der Waals surface area contributed by atoms with Gasteiger partial charge in [0.25, 0.3) is 0 Å². The maximum Gasteiger partial charge on any atom is 0.201 e. The van der Waals surface area contributed by atoms with E-state index in [2.05, 4.69) is 20.1 Å². The lowest BCUT2D eigenvalue weighted by Gasteiger charge is -2.20. The predicted molar refractivity (Wildman–Crippen MR) is 55.2 cm³/mol. The van der Waals surface area contributed by atoms with E-state index in [4.69, 9.17) is 10.6 Å². The van der Waals surface area contributed by atoms with Crippen LogP contribution >= 0.6 is 0 Å². The van der Waals surface area contributed by atoms with Gasteiger partial charge in [-0.15, -0.1) is 0 Å². The number of nitrogens with zero attached hydrogens (tertiary/aromatic N) is 4. The summed E-state index contributed by atoms with van der Waals surface area (Å²) in [4.78, 5) is 6.69. The lowest BCUT2D eigenvalue weighted by atomic mass is 10.3. The van der Waals surface area contributed by atoms with Gasteiger partial charge >= 0.3 is 0 Å². The molecular weight excluding hydrogens is 198 g/mol. The summed E-state index contributed by atoms with van der Waals surface area (Å²) < 4.78 is 4.52. The second kappa shape index (κ2) is 5.18. The van der Waals surface area contributed by atoms with Crippen molar-refractivity contribution in [2.24, 2.45) is 5.16 Å². The van der Waals surface area contributed by atoms with E-state index in [1.165, 1.54) is 7.11 Å². The molecule has 1 aromatic heterocycles. The minimum absolute atomic E-state index is 0.206. The third kappa shape index (κ3) is 2.36. The van der Waals surface area contributed by atoms with Gasteiger partial charge in [-0.2, -0.15) is 0 Å². The Morgan fingerprint density at radius 2 is 2.13 bits per heavy atom. The molecule has 0 aromatic carbocycles. The SMILES string of the molecule is CCN(CC)C(=NOC)c1nonc1N. The second-order valence-electron chi connectivity index (χ2n) is 2.77. The van der Waals surface area contributed by atoms with E-state index >= 15 is 0 Å². The van der Waals surface area contributed by atoms with E-state index in [0.717, 1.165) is 13.1 Å². The van der Waals surface area contributed by atoms with Gasteiger partial charge in [0, 0.05) is 13.1 Å². The number of oxime groups is 1. The lowest BCUT2D eigenvalue weighted by Crippen LogP contribution is -2.32. The number of hydrogen-bond acceptors (Lipinski definition) is 6. The molecule has 0 spiro atoms. The molecule has 7 nitrogen and oxygen atoms in total. The van der Waals surface area contributed by atoms with Crippen molar-refractivity contribution in [1.82, 2.24) is 15.2 Å². The van der Waals surface area contributed by atoms with Gasteiger partial charge < -0.3 is 15.5 Å². The van der Waals surface area contributed by atoms with E-state index in [1.54, 1.807) is 0 Å². The highest BCUT2D eigenvalue weighted by atomic mass is 16.6. The Balaban J connectivity index is 3.03. The molecule has 0 aliphatic carbocycles. The van der Waals surface area contributed by atoms with Crippen molar-refractivity contribution < 1.29 is 9.47 Å². The normalized spacial score (nSPS) is 11.5. The van der Waals surface area contributed by atoms with Gasteiger partial charge in [0.2, 0.25) is 5.84 Å². The van der Waals surface area contributed by atoms with E-state index in [0.29, 0.717) is 11.5 Å². The molecule has 1 aromatic rings. The molecule has 0 aliphatic heterocycles. The quantitative estimate of drug-likeness (QED) is 0.439. The molecule has 0 saturated carbocycles. The zero-order valence-corrected chi connectivity index (χ0v) is 9.10. The van der Waals surface area contributed by atoms with Gasteiger partial charge in [-0.3, -0.25) is 0 Å². The summed E-state index contributed by atoms with van der Waals surface area (Å²) >= 11 is 0. The fourth-order valence-electron chi connectivity index (χ4n) is 1.21. The fraction of sp³-hybridized carbons (Fsp3) is 0.625. The van der Waals surface area contributed by atoms with E-state index < -0.39 is 0 Å². The number of nitrogen functional groups attached to an aromatic ring is 1. The van der Waals surface area contributed by atoms with Crippen LogP contribution in [0, 0.1) is 0 Å². The molecule has 15 heavy (non-hydrogen) atoms. The summed E-state index contributed by atoms with van der Waals surface area (Å²) in [5.41, 5.74) is 5.99. The zero-order valence-electron chi connectivity index (χ0n) is 9.10. The number of hydrogen-bond donors (Lipinski definition) is 1. The first-order valence-electron chi connectivity index (χ1n) is 4.69. The molecule has 0 saturated heterocycles. The van der Waals surface area contributed by atoms with E-state index in [9.17, 15) is 0 Å². The Morgan fingerprint density at radius 3 is 2.53 bits per heavy atom. The molecule has 7 heteroatoms. The van der Waals surface area contributed by atoms with E-state index in [-0.39, 0.29) is 5.82 Å². The van der Waals surface area contributed by atoms with Crippen LogP contribution in [-0.2, 0) is 4.84 Å². The lowest BCUT2D eigenvalue weighted by molar-refractivity contribution is 0.206. The van der Waals surface area contributed by atoms with Crippen LogP contribution in [0.25, 0.3) is 0 Å². The third-order valence-electron chi connectivity index (χ3n) is 1.97. The maximum absolute atomic E-state index is 5.59. The van der Waals surface area contributed by atoms with Crippen LogP contribution in [0.3, 0.4) is 0 Å². The average molecular weight is 213 g/mol. The third-order valence-corrected chi connectivity index (χ3v) is 1.97. The van der Waals surface area contributed by atoms with Gasteiger partial charge in [-0.25, -0.2) is 4.63 Å². The highest BCUT2D eigenvalue weighted by Gasteiger charge is 2.19. The van der Waals surface area contributed by atoms with Crippen molar-refractivity contribution in [1.29, 1.82) is 0 Å². The highest BCUT2D eigenvalue weighted by Crippen LogP contribution is 2.09. The molecule has 0 aliphatic rings. The minimum atomic E-state index is 0.206. The van der Waals surface area contributed by atoms with Crippen molar-refractivity contribution in [3.8, 4) is 0 Å². The molecule has 0 bridgehead atoms. The Labute approximate surface area is 87.8 Å². The smallest absolute Gasteiger partial charge is 0.201 e. The molecule has 0 fully saturated rings. The monoisotopic (exact) mass is 213 g/mol. The molecule has 0 unspecified atom stereocenters. The second-order valence-corrected chi connectivity index (χ2v) is 2.77. The molecule has 0 amide bonds. The van der Waals surface area contributed by atoms with Crippen LogP contribution in [0.5, 0.6) is 0 Å². The number of aromatic nitrogens is 2. The number of amidine groups is 1. The van der Waals surface area contributed by atoms with Crippen molar-refractivity contribution in [2.45, 2.75) is 13.8 Å². The van der Waals surface area contributed by atoms with Crippen molar-refractivity contribution in [3.63, 3.8) is 0 Å². The van der Waals surface area contributed by atoms with Crippen molar-refractivity contribution >= 4 is 11.7 Å². The fourth-order valence-corrected chi connectivity index (χ4v) is 1.21. The van der Waals surface area contributed by atoms with Crippen molar-refractivity contribution in [2.75, 3.05) is 25.9 Å². The standard InChI is InChI=1S/C8H15N5O2/c1-4-13(5-2)8(12-14-3)6-7(9)11-15-10-6/h4-5H2,1-3H3,(H2,9,11). The summed E-state index contributed by atoms with van der Waals surface area (Å²) in [6, 6.07) is 0. The van der Waals surface area contributed by atoms with E-state index in [1.807, 2.05) is 18.7 Å². The molecule has 84 valence electrons. The molecule has 2 N–H and O–H groups in total. The molecule has 1 heterocycles. The molecule has 0 atom stereocenters. The first kappa shape index (κ1) is 11.3. The first-order valence-corrected chi connectivity index (χ1v) is 4.69. The van der Waals surface area contributed by atoms with Gasteiger partial charge in [0.15, 0.2) is 11.5 Å². The Kier molecular flexibility index (Phi) is 3.90. The molecular formula is C8H15N5O2. The van der Waals surface area contributed by atoms with Gasteiger partial charge in [0.1, 0.15) is 7.11 Å². The molecule has 0 radical (unpaired) electrons. The van der Waals surface area contributed by atoms with Crippen LogP contribution in [0.2, 0.25) is 0 Å². The van der Waals surface area contributed by atoms with Crippen LogP contribution in [0.4, 0.5) is 5.82 Å². The summed E-state index contributed by atoms with van der Waals surface area (Å²) in [6.07, 6.45) is 0. The van der Waals surface area contributed by atoms with Gasteiger partial charge in [-0.1, -0.05) is 5.16 Å². The Hall–Kier alpha value is -1.79. The van der Waals surface area contributed by atoms with Gasteiger partial charge in [0.05, 0.1) is 0 Å². The summed E-state index contributed by atoms with van der Waals surface area (Å²) in [5, 5.41) is 11.1. The summed E-state index contributed by atoms with van der Waals surface area (Å²) in [7, 11) is 1.47. The topological polar surface area (TPSA) is 89.8 Å². The predicted octanol–water partition coefficient (Wildman–Crippen LogP) is 0.302. The minimum Gasteiger partial charge on any atom is -0.397 e. The number of nitrogens with two attached hydrogens (primary N) is 1. The van der Waals surface area contributed by atoms with Crippen molar-refractivity contribution in [3.05, 3.63) is 5.69 Å². The van der Waals surface area contributed by atoms with Crippen LogP contribution in [-0.4, -0.2) is 41.2 Å². The largest absolute Gasteiger partial charge is 0.397 e.